The number of hydrogen-bond acceptors (Lipinski definition) is 17. The van der Waals surface area contributed by atoms with E-state index in [9.17, 15) is 92.3 Å². The molecule has 12 atom stereocenters. The van der Waals surface area contributed by atoms with Gasteiger partial charge >= 0.3 is 23.9 Å². The number of carbonyl (C=O) groups excluding carboxylic acids is 12. The van der Waals surface area contributed by atoms with Gasteiger partial charge in [-0.25, -0.2) is 0 Å². The van der Waals surface area contributed by atoms with E-state index in [-0.39, 0.29) is 51.6 Å². The number of nitrogens with zero attached hydrogens (tertiary/aromatic N) is 2. The van der Waals surface area contributed by atoms with Crippen LogP contribution in [0.5, 0.6) is 0 Å². The van der Waals surface area contributed by atoms with Crippen LogP contribution in [0.4, 0.5) is 0 Å². The number of rotatable bonds is 24. The van der Waals surface area contributed by atoms with Crippen molar-refractivity contribution in [3.05, 3.63) is 0 Å². The van der Waals surface area contributed by atoms with Crippen molar-refractivity contribution in [2.45, 2.75) is 230 Å². The fourth-order valence-corrected chi connectivity index (χ4v) is 10.7. The lowest BCUT2D eigenvalue weighted by Gasteiger charge is -2.39. The maximum Gasteiger partial charge on any atom is 0.308 e. The zero-order valence-corrected chi connectivity index (χ0v) is 52.6. The predicted molar refractivity (Wildman–Crippen MR) is 320 cm³/mol. The summed E-state index contributed by atoms with van der Waals surface area (Å²) in [6.07, 6.45) is 6.79. The number of nitrogens with two attached hydrogens (primary N) is 1. The maximum atomic E-state index is 15.2. The number of nitrogens with one attached hydrogen (secondary N) is 10. The number of unbranched alkanes of at least 4 members (excludes halogenated alkanes) is 9. The summed E-state index contributed by atoms with van der Waals surface area (Å²) in [5.74, 6) is -22.3. The van der Waals surface area contributed by atoms with Gasteiger partial charge in [-0.3, -0.25) is 76.7 Å². The van der Waals surface area contributed by atoms with E-state index < -0.39 is 205 Å². The van der Waals surface area contributed by atoms with Crippen molar-refractivity contribution in [2.24, 2.45) is 17.6 Å². The molecule has 3 rings (SSSR count). The Labute approximate surface area is 527 Å². The van der Waals surface area contributed by atoms with Crippen molar-refractivity contribution in [1.29, 1.82) is 0 Å². The van der Waals surface area contributed by atoms with Gasteiger partial charge in [0.25, 0.3) is 0 Å². The molecule has 0 aromatic heterocycles. The van der Waals surface area contributed by atoms with E-state index >= 15 is 4.79 Å². The molecule has 3 heterocycles. The molecule has 0 spiro atoms. The highest BCUT2D eigenvalue weighted by atomic mass is 16.4. The summed E-state index contributed by atoms with van der Waals surface area (Å²) in [6.45, 7) is 6.54. The molecule has 3 aliphatic rings. The lowest BCUT2D eigenvalue weighted by molar-refractivity contribution is -0.150. The van der Waals surface area contributed by atoms with Gasteiger partial charge in [-0.1, -0.05) is 78.6 Å². The first-order chi connectivity index (χ1) is 42.9. The number of fused-ring (bicyclic) bond motifs is 2. The molecule has 0 bridgehead atoms. The molecule has 33 heteroatoms. The number of carboxylic acid groups (broad SMARTS) is 4. The van der Waals surface area contributed by atoms with E-state index in [2.05, 4.69) is 49.5 Å². The normalized spacial score (nSPS) is 25.2. The number of carbonyl (C=O) groups is 16. The van der Waals surface area contributed by atoms with Crippen LogP contribution in [0.1, 0.15) is 164 Å². The first-order valence-electron chi connectivity index (χ1n) is 31.1. The van der Waals surface area contributed by atoms with E-state index in [4.69, 9.17) is 5.73 Å². The Morgan fingerprint density at radius 3 is 1.56 bits per heavy atom. The fourth-order valence-electron chi connectivity index (χ4n) is 10.7. The monoisotopic (exact) mass is 1290 g/mol. The standard InChI is InChI=1S/C58H93N13O20/c1-7-8-9-10-11-12-13-14-15-16-22-39(72)63-36(27-44(79)80)51(83)69-48-33(6)62-52(84)38-21-19-24-71(38)56(88)45(30(2)3)67-55(87)47(32(5)59)66-41(74)29-61-49(81)34(25-42(75)76)64-40(73)28-60-50(82)35(26-43(77)78)65-54(86)46(31(4)58(90)91)68-53(85)37-20-17-18-23-70(37)57(48)89/h30-38,45-48H,7-29,59H2,1-6H3,(H,60,82)(H,61,81)(H,62,84)(H,63,72)(H,64,73)(H,65,86)(H,66,74)(H,67,87)(H,68,85)(H,69,83)(H,75,76)(H,77,78)(H,79,80)(H,90,91). The second kappa shape index (κ2) is 38.2. The van der Waals surface area contributed by atoms with Gasteiger partial charge in [-0.15, -0.1) is 0 Å². The topological polar surface area (TPSA) is 507 Å². The second-order valence-corrected chi connectivity index (χ2v) is 23.7. The van der Waals surface area contributed by atoms with Gasteiger partial charge in [0.15, 0.2) is 0 Å². The minimum Gasteiger partial charge on any atom is -0.481 e. The lowest BCUT2D eigenvalue weighted by atomic mass is 9.96. The molecule has 510 valence electrons. The van der Waals surface area contributed by atoms with Crippen LogP contribution >= 0.6 is 0 Å². The highest BCUT2D eigenvalue weighted by Crippen LogP contribution is 2.24. The van der Waals surface area contributed by atoms with Gasteiger partial charge in [0.2, 0.25) is 70.9 Å². The molecule has 3 saturated heterocycles. The van der Waals surface area contributed by atoms with Crippen LogP contribution in [0, 0.1) is 11.8 Å². The van der Waals surface area contributed by atoms with Crippen LogP contribution in [0.25, 0.3) is 0 Å². The van der Waals surface area contributed by atoms with E-state index in [1.165, 1.54) is 25.2 Å². The number of aliphatic carboxylic acids is 4. The van der Waals surface area contributed by atoms with Gasteiger partial charge in [0, 0.05) is 25.6 Å². The fraction of sp³-hybridized carbons (Fsp3) is 0.724. The summed E-state index contributed by atoms with van der Waals surface area (Å²) in [6, 6.07) is -18.4. The lowest BCUT2D eigenvalue weighted by Crippen LogP contribution is -2.66. The average molecular weight is 1290 g/mol. The molecule has 0 saturated carbocycles. The zero-order valence-electron chi connectivity index (χ0n) is 52.6. The highest BCUT2D eigenvalue weighted by Gasteiger charge is 2.45. The van der Waals surface area contributed by atoms with Crippen molar-refractivity contribution in [2.75, 3.05) is 26.2 Å². The van der Waals surface area contributed by atoms with E-state index in [0.717, 1.165) is 56.8 Å². The van der Waals surface area contributed by atoms with Crippen molar-refractivity contribution in [3.8, 4) is 0 Å². The van der Waals surface area contributed by atoms with E-state index in [1.807, 2.05) is 10.6 Å². The molecule has 16 N–H and O–H groups in total. The Kier molecular flexibility index (Phi) is 32.2. The summed E-state index contributed by atoms with van der Waals surface area (Å²) in [5, 5.41) is 62.4. The SMILES string of the molecule is CCCCCCCCCCCCC(=O)NC(CC(=O)O)C(=O)NC1C(=O)N2CCCCC2C(=O)NC(C(C)C(=O)O)C(=O)NC(CC(=O)O)C(=O)NCC(=O)NC(CC(=O)O)C(=O)NCC(=O)NC(C(C)N)C(=O)NC(C(C)C)C(=O)N2CCCC2C(=O)NC1C. The van der Waals surface area contributed by atoms with Crippen LogP contribution in [0.15, 0.2) is 0 Å². The Morgan fingerprint density at radius 2 is 1.03 bits per heavy atom. The van der Waals surface area contributed by atoms with Crippen LogP contribution in [0.3, 0.4) is 0 Å². The summed E-state index contributed by atoms with van der Waals surface area (Å²) in [7, 11) is 0. The molecule has 33 nitrogen and oxygen atoms in total. The first-order valence-corrected chi connectivity index (χ1v) is 31.1. The largest absolute Gasteiger partial charge is 0.481 e. The Balaban J connectivity index is 2.15. The molecule has 3 fully saturated rings. The first kappa shape index (κ1) is 76.7. The number of piperidine rings is 1. The molecule has 0 aromatic carbocycles. The van der Waals surface area contributed by atoms with E-state index in [0.29, 0.717) is 12.8 Å². The second-order valence-electron chi connectivity index (χ2n) is 23.7. The molecule has 3 aliphatic heterocycles. The van der Waals surface area contributed by atoms with Crippen LogP contribution in [-0.2, 0) is 76.7 Å². The highest BCUT2D eigenvalue weighted by molar-refractivity contribution is 6.01. The molecular weight excluding hydrogens is 1200 g/mol. The van der Waals surface area contributed by atoms with Crippen LogP contribution < -0.4 is 58.9 Å². The minimum absolute atomic E-state index is 0.0284. The number of hydrogen-bond donors (Lipinski definition) is 15. The Bertz CT molecular complexity index is 2640. The van der Waals surface area contributed by atoms with E-state index in [1.54, 1.807) is 13.8 Å². The van der Waals surface area contributed by atoms with Crippen LogP contribution in [-0.4, -0.2) is 218 Å². The van der Waals surface area contributed by atoms with Crippen molar-refractivity contribution >= 4 is 94.8 Å². The van der Waals surface area contributed by atoms with Crippen LogP contribution in [0.2, 0.25) is 0 Å². The maximum absolute atomic E-state index is 15.2. The Morgan fingerprint density at radius 1 is 0.549 bits per heavy atom. The van der Waals surface area contributed by atoms with Gasteiger partial charge < -0.3 is 89.1 Å². The van der Waals surface area contributed by atoms with Gasteiger partial charge in [0.05, 0.1) is 44.3 Å². The third kappa shape index (κ3) is 25.4. The molecule has 0 aromatic rings. The quantitative estimate of drug-likeness (QED) is 0.0427. The molecule has 0 aliphatic carbocycles. The molecular formula is C58H93N13O20. The minimum atomic E-state index is -2.14. The average Bonchev–Trinajstić information content (AvgIpc) is 2.23. The summed E-state index contributed by atoms with van der Waals surface area (Å²) >= 11 is 0. The van der Waals surface area contributed by atoms with Gasteiger partial charge in [-0.05, 0) is 65.2 Å². The smallest absolute Gasteiger partial charge is 0.308 e. The molecule has 91 heavy (non-hydrogen) atoms. The zero-order chi connectivity index (χ0) is 68.2. The molecule has 12 amide bonds. The Hall–Kier alpha value is -8.52. The number of amides is 12. The van der Waals surface area contributed by atoms with Crippen molar-refractivity contribution in [1.82, 2.24) is 63.0 Å². The van der Waals surface area contributed by atoms with Crippen molar-refractivity contribution < 1.29 is 97.1 Å². The predicted octanol–water partition coefficient (Wildman–Crippen LogP) is -3.04. The summed E-state index contributed by atoms with van der Waals surface area (Å²) in [5.41, 5.74) is 6.11. The third-order valence-electron chi connectivity index (χ3n) is 15.9. The van der Waals surface area contributed by atoms with Gasteiger partial charge in [0.1, 0.15) is 54.4 Å². The van der Waals surface area contributed by atoms with Gasteiger partial charge in [-0.2, -0.15) is 0 Å². The molecule has 0 radical (unpaired) electrons. The number of carboxylic acids is 4. The summed E-state index contributed by atoms with van der Waals surface area (Å²) in [4.78, 5) is 218. The third-order valence-corrected chi connectivity index (χ3v) is 15.9. The van der Waals surface area contributed by atoms with Crippen molar-refractivity contribution in [3.63, 3.8) is 0 Å². The molecule has 12 unspecified atom stereocenters. The summed E-state index contributed by atoms with van der Waals surface area (Å²) < 4.78 is 0.